The first-order chi connectivity index (χ1) is 11.2. The van der Waals surface area contributed by atoms with Crippen LogP contribution in [0.5, 0.6) is 0 Å². The van der Waals surface area contributed by atoms with Crippen LogP contribution in [0.1, 0.15) is 50.7 Å². The highest BCUT2D eigenvalue weighted by Gasteiger charge is 2.02. The summed E-state index contributed by atoms with van der Waals surface area (Å²) < 4.78 is 10.1. The van der Waals surface area contributed by atoms with Crippen LogP contribution in [0.2, 0.25) is 0 Å². The van der Waals surface area contributed by atoms with Gasteiger partial charge in [0.1, 0.15) is 0 Å². The third-order valence-electron chi connectivity index (χ3n) is 3.01. The molecule has 0 N–H and O–H groups in total. The van der Waals surface area contributed by atoms with Crippen LogP contribution in [0.15, 0.2) is 22.9 Å². The summed E-state index contributed by atoms with van der Waals surface area (Å²) in [7, 11) is 0. The highest BCUT2D eigenvalue weighted by molar-refractivity contribution is 7.08. The van der Waals surface area contributed by atoms with Crippen molar-refractivity contribution in [3.63, 3.8) is 0 Å². The average molecular weight is 336 g/mol. The van der Waals surface area contributed by atoms with Crippen LogP contribution in [0, 0.1) is 0 Å². The first kappa shape index (κ1) is 19.2. The van der Waals surface area contributed by atoms with Gasteiger partial charge in [-0.05, 0) is 46.9 Å². The summed E-state index contributed by atoms with van der Waals surface area (Å²) >= 11 is 1.51. The lowest BCUT2D eigenvalue weighted by molar-refractivity contribution is -0.138. The zero-order valence-corrected chi connectivity index (χ0v) is 14.6. The number of carbonyl (C=O) groups excluding carboxylic acids is 2. The van der Waals surface area contributed by atoms with Gasteiger partial charge in [0.2, 0.25) is 0 Å². The molecule has 1 rings (SSSR count). The smallest absolute Gasteiger partial charge is 0.330 e. The van der Waals surface area contributed by atoms with Gasteiger partial charge in [-0.3, -0.25) is 0 Å². The van der Waals surface area contributed by atoms with E-state index in [-0.39, 0.29) is 11.9 Å². The lowest BCUT2D eigenvalue weighted by Crippen LogP contribution is -2.02. The fourth-order valence-corrected chi connectivity index (χ4v) is 2.42. The molecule has 0 fully saturated rings. The molecule has 0 unspecified atom stereocenters. The van der Waals surface area contributed by atoms with Crippen molar-refractivity contribution in [2.45, 2.75) is 39.5 Å². The van der Waals surface area contributed by atoms with E-state index in [1.165, 1.54) is 23.5 Å². The van der Waals surface area contributed by atoms with Crippen LogP contribution in [0.3, 0.4) is 0 Å². The molecule has 0 aliphatic heterocycles. The third-order valence-corrected chi connectivity index (χ3v) is 3.79. The number of ether oxygens (including phenoxy) is 2. The minimum Gasteiger partial charge on any atom is -0.463 e. The fraction of sp³-hybridized carbons (Fsp3) is 0.444. The van der Waals surface area contributed by atoms with Gasteiger partial charge in [0, 0.05) is 12.2 Å². The Balaban J connectivity index is 2.52. The van der Waals surface area contributed by atoms with Crippen molar-refractivity contribution in [2.75, 3.05) is 13.2 Å². The van der Waals surface area contributed by atoms with Crippen LogP contribution in [0.25, 0.3) is 12.2 Å². The molecule has 1 aromatic rings. The topological polar surface area (TPSA) is 52.6 Å². The first-order valence-corrected chi connectivity index (χ1v) is 8.87. The predicted octanol–water partition coefficient (Wildman–Crippen LogP) is 4.46. The van der Waals surface area contributed by atoms with Gasteiger partial charge in [-0.2, -0.15) is 11.3 Å². The highest BCUT2D eigenvalue weighted by Crippen LogP contribution is 2.18. The van der Waals surface area contributed by atoms with Gasteiger partial charge >= 0.3 is 11.9 Å². The van der Waals surface area contributed by atoms with Gasteiger partial charge in [0.25, 0.3) is 0 Å². The Labute approximate surface area is 141 Å². The summed E-state index contributed by atoms with van der Waals surface area (Å²) in [6, 6.07) is 0. The van der Waals surface area contributed by atoms with Crippen LogP contribution >= 0.6 is 11.3 Å². The third kappa shape index (κ3) is 8.35. The number of hydrogen-bond donors (Lipinski definition) is 0. The molecule has 126 valence electrons. The Morgan fingerprint density at radius 1 is 0.913 bits per heavy atom. The number of hydrogen-bond acceptors (Lipinski definition) is 5. The minimum atomic E-state index is -0.349. The number of unbranched alkanes of at least 4 members (excludes halogenated alkanes) is 2. The zero-order valence-electron chi connectivity index (χ0n) is 13.7. The molecule has 5 heteroatoms. The van der Waals surface area contributed by atoms with E-state index < -0.39 is 0 Å². The van der Waals surface area contributed by atoms with Gasteiger partial charge in [0.05, 0.1) is 13.2 Å². The summed E-state index contributed by atoms with van der Waals surface area (Å²) in [5.74, 6) is -0.697. The maximum atomic E-state index is 11.5. The summed E-state index contributed by atoms with van der Waals surface area (Å²) in [5.41, 5.74) is 1.75. The van der Waals surface area contributed by atoms with E-state index in [1.54, 1.807) is 12.2 Å². The molecule has 0 spiro atoms. The number of thiophene rings is 1. The maximum absolute atomic E-state index is 11.5. The normalized spacial score (nSPS) is 11.2. The van der Waals surface area contributed by atoms with Gasteiger partial charge in [-0.15, -0.1) is 0 Å². The van der Waals surface area contributed by atoms with Crippen LogP contribution in [-0.4, -0.2) is 25.2 Å². The summed E-state index contributed by atoms with van der Waals surface area (Å²) in [6.45, 7) is 4.97. The molecule has 1 heterocycles. The van der Waals surface area contributed by atoms with Crippen molar-refractivity contribution in [3.8, 4) is 0 Å². The van der Waals surface area contributed by atoms with E-state index in [1.807, 2.05) is 24.6 Å². The monoisotopic (exact) mass is 336 g/mol. The van der Waals surface area contributed by atoms with Crippen LogP contribution in [-0.2, 0) is 19.1 Å². The first-order valence-electron chi connectivity index (χ1n) is 7.93. The molecule has 0 saturated carbocycles. The lowest BCUT2D eigenvalue weighted by Gasteiger charge is -2.00. The number of esters is 2. The second-order valence-corrected chi connectivity index (χ2v) is 5.73. The molecular formula is C18H24O4S. The summed E-state index contributed by atoms with van der Waals surface area (Å²) in [6.07, 6.45) is 9.94. The van der Waals surface area contributed by atoms with E-state index in [9.17, 15) is 9.59 Å². The van der Waals surface area contributed by atoms with E-state index in [0.29, 0.717) is 13.2 Å². The summed E-state index contributed by atoms with van der Waals surface area (Å²) in [4.78, 5) is 23.1. The Bertz CT molecular complexity index is 496. The van der Waals surface area contributed by atoms with E-state index in [4.69, 9.17) is 9.47 Å². The molecule has 0 aromatic carbocycles. The van der Waals surface area contributed by atoms with Gasteiger partial charge < -0.3 is 9.47 Å². The van der Waals surface area contributed by atoms with Crippen molar-refractivity contribution in [2.24, 2.45) is 0 Å². The fourth-order valence-electron chi connectivity index (χ4n) is 1.63. The Morgan fingerprint density at radius 2 is 1.35 bits per heavy atom. The van der Waals surface area contributed by atoms with Gasteiger partial charge in [-0.25, -0.2) is 9.59 Å². The van der Waals surface area contributed by atoms with Crippen molar-refractivity contribution in [3.05, 3.63) is 34.0 Å². The van der Waals surface area contributed by atoms with Crippen molar-refractivity contribution in [1.29, 1.82) is 0 Å². The van der Waals surface area contributed by atoms with Gasteiger partial charge in [-0.1, -0.05) is 26.7 Å². The maximum Gasteiger partial charge on any atom is 0.330 e. The standard InChI is InChI=1S/C18H24O4S/c1-3-5-11-21-17(19)9-7-15-13-23-14-16(15)8-10-18(20)22-12-6-4-2/h7-10,13-14H,3-6,11-12H2,1-2H3/b9-7+,10-8+. The van der Waals surface area contributed by atoms with Crippen molar-refractivity contribution in [1.82, 2.24) is 0 Å². The largest absolute Gasteiger partial charge is 0.463 e. The molecule has 0 aliphatic rings. The predicted molar refractivity (Wildman–Crippen MR) is 94.1 cm³/mol. The Morgan fingerprint density at radius 3 is 1.74 bits per heavy atom. The number of rotatable bonds is 10. The molecule has 0 radical (unpaired) electrons. The van der Waals surface area contributed by atoms with E-state index in [0.717, 1.165) is 36.8 Å². The summed E-state index contributed by atoms with van der Waals surface area (Å²) in [5, 5.41) is 3.83. The quantitative estimate of drug-likeness (QED) is 0.359. The minimum absolute atomic E-state index is 0.349. The second-order valence-electron chi connectivity index (χ2n) is 4.99. The van der Waals surface area contributed by atoms with E-state index >= 15 is 0 Å². The molecule has 1 aromatic heterocycles. The molecule has 0 bridgehead atoms. The lowest BCUT2D eigenvalue weighted by atomic mass is 10.1. The van der Waals surface area contributed by atoms with Gasteiger partial charge in [0.15, 0.2) is 0 Å². The van der Waals surface area contributed by atoms with Crippen molar-refractivity contribution >= 4 is 35.4 Å². The zero-order chi connectivity index (χ0) is 16.9. The average Bonchev–Trinajstić information content (AvgIpc) is 2.99. The molecule has 0 atom stereocenters. The highest BCUT2D eigenvalue weighted by atomic mass is 32.1. The Kier molecular flexibility index (Phi) is 9.71. The Hall–Kier alpha value is -1.88. The number of carbonyl (C=O) groups is 2. The molecule has 4 nitrogen and oxygen atoms in total. The van der Waals surface area contributed by atoms with Crippen LogP contribution in [0.4, 0.5) is 0 Å². The second kappa shape index (κ2) is 11.7. The van der Waals surface area contributed by atoms with Crippen LogP contribution < -0.4 is 0 Å². The molecule has 23 heavy (non-hydrogen) atoms. The van der Waals surface area contributed by atoms with E-state index in [2.05, 4.69) is 0 Å². The van der Waals surface area contributed by atoms with Crippen molar-refractivity contribution < 1.29 is 19.1 Å². The SMILES string of the molecule is CCCCOC(=O)/C=C/c1cscc1/C=C/C(=O)OCCCC. The molecule has 0 amide bonds. The molecule has 0 aliphatic carbocycles. The molecular weight excluding hydrogens is 312 g/mol. The molecule has 0 saturated heterocycles.